The predicted molar refractivity (Wildman–Crippen MR) is 51.5 cm³/mol. The average Bonchev–Trinajstić information content (AvgIpc) is 2.15. The van der Waals surface area contributed by atoms with E-state index < -0.39 is 33.5 Å². The number of nitrogens with one attached hydrogen (secondary N) is 1. The van der Waals surface area contributed by atoms with E-state index in [1.165, 1.54) is 4.72 Å². The highest BCUT2D eigenvalue weighted by atomic mass is 32.2. The maximum atomic E-state index is 12.1. The summed E-state index contributed by atoms with van der Waals surface area (Å²) in [4.78, 5) is 10.8. The first-order valence-electron chi connectivity index (χ1n) is 4.96. The van der Waals surface area contributed by atoms with Crippen LogP contribution < -0.4 is 4.72 Å². The molecule has 1 aliphatic rings. The van der Waals surface area contributed by atoms with Crippen LogP contribution in [0.25, 0.3) is 0 Å². The zero-order chi connectivity index (χ0) is 13.3. The number of carboxylic acids is 1. The first-order valence-corrected chi connectivity index (χ1v) is 6.45. The van der Waals surface area contributed by atoms with E-state index in [0.29, 0.717) is 12.8 Å². The van der Waals surface area contributed by atoms with Crippen LogP contribution >= 0.6 is 0 Å². The molecule has 0 aromatic heterocycles. The van der Waals surface area contributed by atoms with Crippen LogP contribution in [0.4, 0.5) is 13.2 Å². The standard InChI is InChI=1S/C8H12F3NO4S/c9-8(10,11)17(15,16)12-6-4-2-1-3-5(6)7(13)14/h5-6,12H,1-4H2,(H,13,14)/t5-,6-/m0/s1. The van der Waals surface area contributed by atoms with Crippen molar-refractivity contribution in [2.24, 2.45) is 5.92 Å². The lowest BCUT2D eigenvalue weighted by molar-refractivity contribution is -0.143. The number of carbonyl (C=O) groups is 1. The quantitative estimate of drug-likeness (QED) is 0.807. The molecule has 1 saturated carbocycles. The van der Waals surface area contributed by atoms with Crippen LogP contribution in [0.2, 0.25) is 0 Å². The van der Waals surface area contributed by atoms with Gasteiger partial charge in [0.15, 0.2) is 0 Å². The van der Waals surface area contributed by atoms with Crippen molar-refractivity contribution in [3.05, 3.63) is 0 Å². The van der Waals surface area contributed by atoms with Crippen LogP contribution in [-0.2, 0) is 14.8 Å². The molecule has 100 valence electrons. The van der Waals surface area contributed by atoms with Gasteiger partial charge in [-0.15, -0.1) is 0 Å². The highest BCUT2D eigenvalue weighted by Gasteiger charge is 2.48. The average molecular weight is 275 g/mol. The first-order chi connectivity index (χ1) is 7.65. The number of rotatable bonds is 3. The largest absolute Gasteiger partial charge is 0.511 e. The van der Waals surface area contributed by atoms with Crippen LogP contribution in [0.15, 0.2) is 0 Å². The monoisotopic (exact) mass is 275 g/mol. The van der Waals surface area contributed by atoms with Crippen molar-refractivity contribution in [3.63, 3.8) is 0 Å². The number of halogens is 3. The van der Waals surface area contributed by atoms with Gasteiger partial charge in [0.2, 0.25) is 0 Å². The Morgan fingerprint density at radius 1 is 1.24 bits per heavy atom. The highest BCUT2D eigenvalue weighted by molar-refractivity contribution is 7.90. The lowest BCUT2D eigenvalue weighted by atomic mass is 9.85. The second-order valence-electron chi connectivity index (χ2n) is 3.90. The van der Waals surface area contributed by atoms with Gasteiger partial charge in [-0.1, -0.05) is 12.8 Å². The zero-order valence-electron chi connectivity index (χ0n) is 8.70. The Morgan fingerprint density at radius 2 is 1.76 bits per heavy atom. The van der Waals surface area contributed by atoms with E-state index in [-0.39, 0.29) is 12.8 Å². The second kappa shape index (κ2) is 4.81. The molecule has 5 nitrogen and oxygen atoms in total. The molecule has 0 aromatic rings. The third kappa shape index (κ3) is 3.32. The van der Waals surface area contributed by atoms with Crippen LogP contribution in [0, 0.1) is 5.92 Å². The molecule has 0 aliphatic heterocycles. The summed E-state index contributed by atoms with van der Waals surface area (Å²) >= 11 is 0. The van der Waals surface area contributed by atoms with Crippen LogP contribution in [0.3, 0.4) is 0 Å². The molecule has 1 aliphatic carbocycles. The minimum absolute atomic E-state index is 0.103. The van der Waals surface area contributed by atoms with E-state index >= 15 is 0 Å². The van der Waals surface area contributed by atoms with Gasteiger partial charge in [0.05, 0.1) is 5.92 Å². The molecule has 0 spiro atoms. The normalized spacial score (nSPS) is 26.8. The summed E-state index contributed by atoms with van der Waals surface area (Å²) in [5.74, 6) is -2.37. The molecular formula is C8H12F3NO4S. The van der Waals surface area contributed by atoms with E-state index in [1.54, 1.807) is 0 Å². The molecule has 0 aromatic carbocycles. The summed E-state index contributed by atoms with van der Waals surface area (Å²) in [7, 11) is -5.48. The molecule has 0 saturated heterocycles. The minimum atomic E-state index is -5.48. The zero-order valence-corrected chi connectivity index (χ0v) is 9.51. The maximum absolute atomic E-state index is 12.1. The van der Waals surface area contributed by atoms with Gasteiger partial charge < -0.3 is 5.11 Å². The Balaban J connectivity index is 2.82. The second-order valence-corrected chi connectivity index (χ2v) is 5.61. The minimum Gasteiger partial charge on any atom is -0.481 e. The number of alkyl halides is 3. The smallest absolute Gasteiger partial charge is 0.481 e. The molecular weight excluding hydrogens is 263 g/mol. The fourth-order valence-corrected chi connectivity index (χ4v) is 2.65. The Morgan fingerprint density at radius 3 is 2.24 bits per heavy atom. The van der Waals surface area contributed by atoms with E-state index in [4.69, 9.17) is 5.11 Å². The summed E-state index contributed by atoms with van der Waals surface area (Å²) in [5, 5.41) is 8.79. The summed E-state index contributed by atoms with van der Waals surface area (Å²) in [6.45, 7) is 0. The molecule has 1 rings (SSSR count). The van der Waals surface area contributed by atoms with Gasteiger partial charge >= 0.3 is 21.5 Å². The summed E-state index contributed by atoms with van der Waals surface area (Å²) in [6, 6.07) is -1.19. The van der Waals surface area contributed by atoms with Crippen molar-refractivity contribution in [2.45, 2.75) is 37.2 Å². The van der Waals surface area contributed by atoms with Gasteiger partial charge in [-0.2, -0.15) is 13.2 Å². The molecule has 2 N–H and O–H groups in total. The Kier molecular flexibility index (Phi) is 4.03. The number of sulfonamides is 1. The van der Waals surface area contributed by atoms with Crippen molar-refractivity contribution >= 4 is 16.0 Å². The van der Waals surface area contributed by atoms with Crippen molar-refractivity contribution in [2.75, 3.05) is 0 Å². The first kappa shape index (κ1) is 14.2. The van der Waals surface area contributed by atoms with Crippen molar-refractivity contribution < 1.29 is 31.5 Å². The van der Waals surface area contributed by atoms with Gasteiger partial charge in [0.1, 0.15) is 0 Å². The summed E-state index contributed by atoms with van der Waals surface area (Å²) in [6.07, 6.45) is 1.36. The van der Waals surface area contributed by atoms with E-state index in [0.717, 1.165) is 0 Å². The van der Waals surface area contributed by atoms with Gasteiger partial charge in [-0.05, 0) is 12.8 Å². The molecule has 1 fully saturated rings. The SMILES string of the molecule is O=C(O)[C@H]1CCCC[C@@H]1NS(=O)(=O)C(F)(F)F. The van der Waals surface area contributed by atoms with Crippen molar-refractivity contribution in [3.8, 4) is 0 Å². The van der Waals surface area contributed by atoms with Gasteiger partial charge in [0, 0.05) is 6.04 Å². The van der Waals surface area contributed by atoms with E-state index in [1.807, 2.05) is 0 Å². The third-order valence-corrected chi connectivity index (χ3v) is 3.92. The van der Waals surface area contributed by atoms with Gasteiger partial charge in [-0.3, -0.25) is 4.79 Å². The van der Waals surface area contributed by atoms with Crippen molar-refractivity contribution in [1.29, 1.82) is 0 Å². The Bertz CT molecular complexity index is 392. The number of aliphatic carboxylic acids is 1. The predicted octanol–water partition coefficient (Wildman–Crippen LogP) is 1.07. The lowest BCUT2D eigenvalue weighted by Gasteiger charge is -2.29. The van der Waals surface area contributed by atoms with Crippen LogP contribution in [0.1, 0.15) is 25.7 Å². The van der Waals surface area contributed by atoms with Crippen molar-refractivity contribution in [1.82, 2.24) is 4.72 Å². The molecule has 0 bridgehead atoms. The Hall–Kier alpha value is -0.830. The van der Waals surface area contributed by atoms with Gasteiger partial charge in [0.25, 0.3) is 0 Å². The molecule has 0 heterocycles. The van der Waals surface area contributed by atoms with Crippen LogP contribution in [0.5, 0.6) is 0 Å². The molecule has 17 heavy (non-hydrogen) atoms. The molecule has 0 radical (unpaired) electrons. The number of hydrogen-bond acceptors (Lipinski definition) is 3. The van der Waals surface area contributed by atoms with Crippen LogP contribution in [-0.4, -0.2) is 31.0 Å². The van der Waals surface area contributed by atoms with Gasteiger partial charge in [-0.25, -0.2) is 13.1 Å². The number of hydrogen-bond donors (Lipinski definition) is 2. The summed E-state index contributed by atoms with van der Waals surface area (Å²) in [5.41, 5.74) is -5.41. The fourth-order valence-electron chi connectivity index (χ4n) is 1.83. The number of carboxylic acid groups (broad SMARTS) is 1. The molecule has 0 amide bonds. The molecule has 0 unspecified atom stereocenters. The maximum Gasteiger partial charge on any atom is 0.511 e. The van der Waals surface area contributed by atoms with E-state index in [2.05, 4.69) is 0 Å². The fraction of sp³-hybridized carbons (Fsp3) is 0.875. The Labute approximate surface area is 96.1 Å². The lowest BCUT2D eigenvalue weighted by Crippen LogP contribution is -2.49. The van der Waals surface area contributed by atoms with E-state index in [9.17, 15) is 26.4 Å². The molecule has 9 heteroatoms. The molecule has 2 atom stereocenters. The summed E-state index contributed by atoms with van der Waals surface area (Å²) < 4.78 is 59.5. The highest BCUT2D eigenvalue weighted by Crippen LogP contribution is 2.28. The third-order valence-electron chi connectivity index (χ3n) is 2.69. The topological polar surface area (TPSA) is 83.5 Å².